The van der Waals surface area contributed by atoms with Crippen molar-refractivity contribution in [3.8, 4) is 17.0 Å². The molecule has 0 spiro atoms. The molecule has 0 bridgehead atoms. The molecule has 19 heavy (non-hydrogen) atoms. The largest absolute Gasteiger partial charge is 0.494 e. The molecule has 2 rings (SSSR count). The Balaban J connectivity index is 2.56. The summed E-state index contributed by atoms with van der Waals surface area (Å²) in [6, 6.07) is 3.36. The zero-order chi connectivity index (χ0) is 14.0. The topological polar surface area (TPSA) is 22.1 Å². The third-order valence-electron chi connectivity index (χ3n) is 2.83. The van der Waals surface area contributed by atoms with Crippen LogP contribution in [0, 0.1) is 17.5 Å². The average Bonchev–Trinajstić information content (AvgIpc) is 2.41. The van der Waals surface area contributed by atoms with E-state index >= 15 is 0 Å². The molecule has 0 aliphatic rings. The molecule has 2 aromatic rings. The average molecular weight is 267 g/mol. The summed E-state index contributed by atoms with van der Waals surface area (Å²) in [5.74, 6) is -2.00. The molecule has 0 unspecified atom stereocenters. The summed E-state index contributed by atoms with van der Waals surface area (Å²) in [5, 5.41) is 0. The fraction of sp³-hybridized carbons (Fsp3) is 0.214. The van der Waals surface area contributed by atoms with E-state index in [0.717, 1.165) is 18.3 Å². The van der Waals surface area contributed by atoms with Crippen molar-refractivity contribution in [3.63, 3.8) is 0 Å². The highest BCUT2D eigenvalue weighted by Crippen LogP contribution is 2.28. The van der Waals surface area contributed by atoms with Gasteiger partial charge in [0, 0.05) is 11.6 Å². The van der Waals surface area contributed by atoms with Crippen molar-refractivity contribution < 1.29 is 17.9 Å². The summed E-state index contributed by atoms with van der Waals surface area (Å²) < 4.78 is 45.5. The minimum absolute atomic E-state index is 0.0204. The van der Waals surface area contributed by atoms with Gasteiger partial charge in [0.05, 0.1) is 19.0 Å². The molecule has 0 N–H and O–H groups in total. The molecule has 0 atom stereocenters. The second-order valence-electron chi connectivity index (χ2n) is 3.98. The van der Waals surface area contributed by atoms with Crippen LogP contribution in [-0.2, 0) is 6.42 Å². The van der Waals surface area contributed by atoms with E-state index in [4.69, 9.17) is 0 Å². The number of pyridine rings is 1. The highest BCUT2D eigenvalue weighted by Gasteiger charge is 2.14. The molecule has 1 heterocycles. The second kappa shape index (κ2) is 5.30. The van der Waals surface area contributed by atoms with E-state index in [0.29, 0.717) is 12.0 Å². The van der Waals surface area contributed by atoms with Gasteiger partial charge in [0.15, 0.2) is 11.6 Å². The van der Waals surface area contributed by atoms with Crippen LogP contribution in [0.5, 0.6) is 5.75 Å². The van der Waals surface area contributed by atoms with Crippen LogP contribution < -0.4 is 4.74 Å². The molecule has 1 aromatic heterocycles. The number of methoxy groups -OCH3 is 1. The first kappa shape index (κ1) is 13.4. The summed E-state index contributed by atoms with van der Waals surface area (Å²) >= 11 is 0. The first-order chi connectivity index (χ1) is 9.06. The van der Waals surface area contributed by atoms with E-state index in [2.05, 4.69) is 9.72 Å². The summed E-state index contributed by atoms with van der Waals surface area (Å²) in [4.78, 5) is 3.79. The fourth-order valence-electron chi connectivity index (χ4n) is 1.78. The zero-order valence-corrected chi connectivity index (χ0v) is 10.5. The van der Waals surface area contributed by atoms with Crippen LogP contribution in [0.2, 0.25) is 0 Å². The molecule has 1 aromatic carbocycles. The predicted molar refractivity (Wildman–Crippen MR) is 65.5 cm³/mol. The summed E-state index contributed by atoms with van der Waals surface area (Å²) in [5.41, 5.74) is 0.575. The maximum Gasteiger partial charge on any atom is 0.165 e. The van der Waals surface area contributed by atoms with Crippen molar-refractivity contribution in [2.75, 3.05) is 7.11 Å². The monoisotopic (exact) mass is 267 g/mol. The Hall–Kier alpha value is -2.04. The molecule has 0 aliphatic carbocycles. The normalized spacial score (nSPS) is 10.6. The lowest BCUT2D eigenvalue weighted by Gasteiger charge is -2.08. The van der Waals surface area contributed by atoms with Crippen LogP contribution >= 0.6 is 0 Å². The smallest absolute Gasteiger partial charge is 0.165 e. The van der Waals surface area contributed by atoms with E-state index in [-0.39, 0.29) is 17.0 Å². The molecule has 2 nitrogen and oxygen atoms in total. The van der Waals surface area contributed by atoms with Crippen LogP contribution in [0.3, 0.4) is 0 Å². The van der Waals surface area contributed by atoms with Crippen LogP contribution in [0.15, 0.2) is 24.4 Å². The number of aromatic nitrogens is 1. The Morgan fingerprint density at radius 3 is 2.42 bits per heavy atom. The first-order valence-corrected chi connectivity index (χ1v) is 5.74. The first-order valence-electron chi connectivity index (χ1n) is 5.74. The zero-order valence-electron chi connectivity index (χ0n) is 10.5. The van der Waals surface area contributed by atoms with Gasteiger partial charge in [-0.15, -0.1) is 0 Å². The van der Waals surface area contributed by atoms with Crippen molar-refractivity contribution in [3.05, 3.63) is 47.4 Å². The van der Waals surface area contributed by atoms with Crippen molar-refractivity contribution in [1.82, 2.24) is 4.98 Å². The van der Waals surface area contributed by atoms with Gasteiger partial charge in [-0.3, -0.25) is 4.98 Å². The molecular weight excluding hydrogens is 255 g/mol. The number of rotatable bonds is 3. The highest BCUT2D eigenvalue weighted by molar-refractivity contribution is 5.62. The van der Waals surface area contributed by atoms with Crippen molar-refractivity contribution in [2.45, 2.75) is 13.3 Å². The number of nitrogens with zero attached hydrogens (tertiary/aromatic N) is 1. The summed E-state index contributed by atoms with van der Waals surface area (Å²) in [7, 11) is 1.25. The third kappa shape index (κ3) is 2.54. The van der Waals surface area contributed by atoms with Gasteiger partial charge in [0.2, 0.25) is 0 Å². The number of hydrogen-bond donors (Lipinski definition) is 0. The van der Waals surface area contributed by atoms with E-state index in [1.165, 1.54) is 13.2 Å². The van der Waals surface area contributed by atoms with Crippen LogP contribution in [0.4, 0.5) is 13.2 Å². The maximum absolute atomic E-state index is 13.9. The van der Waals surface area contributed by atoms with Crippen molar-refractivity contribution in [1.29, 1.82) is 0 Å². The van der Waals surface area contributed by atoms with Gasteiger partial charge in [-0.2, -0.15) is 0 Å². The number of benzene rings is 1. The third-order valence-corrected chi connectivity index (χ3v) is 2.83. The van der Waals surface area contributed by atoms with Crippen molar-refractivity contribution >= 4 is 0 Å². The highest BCUT2D eigenvalue weighted by atomic mass is 19.1. The Kier molecular flexibility index (Phi) is 3.74. The number of ether oxygens (including phenoxy) is 1. The lowest BCUT2D eigenvalue weighted by molar-refractivity contribution is 0.383. The van der Waals surface area contributed by atoms with Gasteiger partial charge in [-0.1, -0.05) is 6.92 Å². The standard InChI is InChI=1S/C14H12F3NO/c1-3-8-4-13(18-7-12(8)17)9-5-11(16)14(19-2)6-10(9)15/h4-7H,3H2,1-2H3. The van der Waals surface area contributed by atoms with Crippen LogP contribution in [0.25, 0.3) is 11.3 Å². The van der Waals surface area contributed by atoms with Crippen LogP contribution in [0.1, 0.15) is 12.5 Å². The van der Waals surface area contributed by atoms with Crippen LogP contribution in [-0.4, -0.2) is 12.1 Å². The van der Waals surface area contributed by atoms with Gasteiger partial charge in [0.1, 0.15) is 11.6 Å². The molecule has 0 fully saturated rings. The molecular formula is C14H12F3NO. The van der Waals surface area contributed by atoms with Gasteiger partial charge in [-0.25, -0.2) is 13.2 Å². The van der Waals surface area contributed by atoms with E-state index < -0.39 is 17.5 Å². The Morgan fingerprint density at radius 1 is 1.05 bits per heavy atom. The van der Waals surface area contributed by atoms with Gasteiger partial charge in [0.25, 0.3) is 0 Å². The number of hydrogen-bond acceptors (Lipinski definition) is 2. The van der Waals surface area contributed by atoms with E-state index in [9.17, 15) is 13.2 Å². The lowest BCUT2D eigenvalue weighted by Crippen LogP contribution is -1.97. The van der Waals surface area contributed by atoms with Gasteiger partial charge >= 0.3 is 0 Å². The molecule has 0 saturated heterocycles. The molecule has 0 saturated carbocycles. The van der Waals surface area contributed by atoms with Gasteiger partial charge in [-0.05, 0) is 24.1 Å². The maximum atomic E-state index is 13.9. The minimum atomic E-state index is -0.692. The SMILES string of the molecule is CCc1cc(-c2cc(F)c(OC)cc2F)ncc1F. The summed E-state index contributed by atoms with van der Waals surface area (Å²) in [6.45, 7) is 1.77. The molecule has 0 radical (unpaired) electrons. The molecule has 5 heteroatoms. The second-order valence-corrected chi connectivity index (χ2v) is 3.98. The predicted octanol–water partition coefficient (Wildman–Crippen LogP) is 3.74. The molecule has 100 valence electrons. The Bertz CT molecular complexity index is 614. The van der Waals surface area contributed by atoms with Gasteiger partial charge < -0.3 is 4.74 Å². The summed E-state index contributed by atoms with van der Waals surface area (Å²) in [6.07, 6.45) is 1.46. The Labute approximate surface area is 108 Å². The quantitative estimate of drug-likeness (QED) is 0.845. The lowest BCUT2D eigenvalue weighted by atomic mass is 10.1. The Morgan fingerprint density at radius 2 is 1.79 bits per heavy atom. The molecule has 0 aliphatic heterocycles. The number of halogens is 3. The molecule has 0 amide bonds. The number of aryl methyl sites for hydroxylation is 1. The van der Waals surface area contributed by atoms with E-state index in [1.54, 1.807) is 6.92 Å². The van der Waals surface area contributed by atoms with E-state index in [1.807, 2.05) is 0 Å². The van der Waals surface area contributed by atoms with Crippen molar-refractivity contribution in [2.24, 2.45) is 0 Å². The minimum Gasteiger partial charge on any atom is -0.494 e. The fourth-order valence-corrected chi connectivity index (χ4v) is 1.78.